The van der Waals surface area contributed by atoms with Crippen LogP contribution in [-0.4, -0.2) is 26.0 Å². The second-order valence-electron chi connectivity index (χ2n) is 4.22. The summed E-state index contributed by atoms with van der Waals surface area (Å²) < 4.78 is 25.6. The minimum absolute atomic E-state index is 0.342. The van der Waals surface area contributed by atoms with Crippen molar-refractivity contribution in [3.05, 3.63) is 0 Å². The number of unbranched alkanes of at least 4 members (excludes halogenated alkanes) is 3. The Kier molecular flexibility index (Phi) is 6.16. The summed E-state index contributed by atoms with van der Waals surface area (Å²) in [6.45, 7) is 0.608. The lowest BCUT2D eigenvalue weighted by molar-refractivity contribution is 0.570. The van der Waals surface area contributed by atoms with E-state index in [1.807, 2.05) is 0 Å². The van der Waals surface area contributed by atoms with E-state index in [-0.39, 0.29) is 0 Å². The molecule has 3 nitrogen and oxygen atoms in total. The van der Waals surface area contributed by atoms with Crippen molar-refractivity contribution in [1.82, 2.24) is 4.72 Å². The summed E-state index contributed by atoms with van der Waals surface area (Å²) in [5.74, 6) is 0.782. The van der Waals surface area contributed by atoms with Crippen LogP contribution in [0.2, 0.25) is 0 Å². The molecule has 1 aliphatic carbocycles. The Morgan fingerprint density at radius 2 is 1.80 bits per heavy atom. The zero-order valence-electron chi connectivity index (χ0n) is 9.04. The van der Waals surface area contributed by atoms with E-state index in [0.29, 0.717) is 18.2 Å². The summed E-state index contributed by atoms with van der Waals surface area (Å²) in [7, 11) is -2.97. The highest BCUT2D eigenvalue weighted by molar-refractivity contribution is 9.09. The molecule has 0 aromatic carbocycles. The molecule has 0 aliphatic heterocycles. The molecule has 0 radical (unpaired) electrons. The zero-order chi connectivity index (χ0) is 11.1. The van der Waals surface area contributed by atoms with E-state index in [1.54, 1.807) is 0 Å². The first-order valence-corrected chi connectivity index (χ1v) is 8.45. The van der Waals surface area contributed by atoms with Crippen LogP contribution in [0.3, 0.4) is 0 Å². The predicted octanol–water partition coefficient (Wildman–Crippen LogP) is 2.27. The van der Waals surface area contributed by atoms with Gasteiger partial charge in [-0.25, -0.2) is 13.1 Å². The lowest BCUT2D eigenvalue weighted by atomic mass is 10.2. The van der Waals surface area contributed by atoms with Crippen LogP contribution < -0.4 is 4.72 Å². The largest absolute Gasteiger partial charge is 0.215 e. The van der Waals surface area contributed by atoms with Crippen molar-refractivity contribution >= 4 is 26.0 Å². The molecule has 0 amide bonds. The second kappa shape index (κ2) is 6.86. The molecule has 0 spiro atoms. The molecular weight excluding hydrogens is 278 g/mol. The van der Waals surface area contributed by atoms with Crippen LogP contribution in [0.15, 0.2) is 0 Å². The number of hydrogen-bond donors (Lipinski definition) is 1. The Hall–Kier alpha value is 0.390. The Balaban J connectivity index is 1.98. The fraction of sp³-hybridized carbons (Fsp3) is 1.00. The Morgan fingerprint density at radius 1 is 1.13 bits per heavy atom. The molecular formula is C10H20BrNO2S. The molecule has 1 N–H and O–H groups in total. The molecule has 15 heavy (non-hydrogen) atoms. The van der Waals surface area contributed by atoms with Gasteiger partial charge in [-0.3, -0.25) is 0 Å². The van der Waals surface area contributed by atoms with E-state index in [9.17, 15) is 8.42 Å². The van der Waals surface area contributed by atoms with E-state index in [2.05, 4.69) is 20.7 Å². The van der Waals surface area contributed by atoms with Crippen LogP contribution in [0.5, 0.6) is 0 Å². The van der Waals surface area contributed by atoms with Crippen LogP contribution in [0.25, 0.3) is 0 Å². The molecule has 1 saturated carbocycles. The summed E-state index contributed by atoms with van der Waals surface area (Å²) in [6.07, 6.45) is 6.59. The first-order chi connectivity index (χ1) is 7.14. The standard InChI is InChI=1S/C10H20BrNO2S/c11-7-3-1-2-4-8-12-15(13,14)9-10-5-6-10/h10,12H,1-9H2. The average Bonchev–Trinajstić information content (AvgIpc) is 2.94. The number of sulfonamides is 1. The Morgan fingerprint density at radius 3 is 2.40 bits per heavy atom. The van der Waals surface area contributed by atoms with Gasteiger partial charge in [-0.15, -0.1) is 0 Å². The number of rotatable bonds is 9. The monoisotopic (exact) mass is 297 g/mol. The van der Waals surface area contributed by atoms with Crippen molar-refractivity contribution in [3.8, 4) is 0 Å². The average molecular weight is 298 g/mol. The van der Waals surface area contributed by atoms with Crippen molar-refractivity contribution in [2.24, 2.45) is 5.92 Å². The van der Waals surface area contributed by atoms with Crippen molar-refractivity contribution in [2.45, 2.75) is 38.5 Å². The van der Waals surface area contributed by atoms with Gasteiger partial charge >= 0.3 is 0 Å². The minimum Gasteiger partial charge on any atom is -0.215 e. The van der Waals surface area contributed by atoms with Gasteiger partial charge in [0.25, 0.3) is 0 Å². The molecule has 5 heteroatoms. The van der Waals surface area contributed by atoms with Gasteiger partial charge in [-0.2, -0.15) is 0 Å². The van der Waals surface area contributed by atoms with Gasteiger partial charge in [-0.1, -0.05) is 28.8 Å². The molecule has 0 bridgehead atoms. The maximum absolute atomic E-state index is 11.5. The van der Waals surface area contributed by atoms with Gasteiger partial charge in [0.1, 0.15) is 0 Å². The lowest BCUT2D eigenvalue weighted by Crippen LogP contribution is -2.28. The fourth-order valence-electron chi connectivity index (χ4n) is 1.45. The number of halogens is 1. The predicted molar refractivity (Wildman–Crippen MR) is 66.8 cm³/mol. The first kappa shape index (κ1) is 13.5. The highest BCUT2D eigenvalue weighted by atomic mass is 79.9. The van der Waals surface area contributed by atoms with E-state index < -0.39 is 10.0 Å². The van der Waals surface area contributed by atoms with Gasteiger partial charge in [0.2, 0.25) is 10.0 Å². The summed E-state index contributed by atoms with van der Waals surface area (Å²) >= 11 is 3.37. The Labute approximate surface area is 101 Å². The van der Waals surface area contributed by atoms with Crippen molar-refractivity contribution in [3.63, 3.8) is 0 Å². The van der Waals surface area contributed by atoms with Crippen LogP contribution in [-0.2, 0) is 10.0 Å². The fourth-order valence-corrected chi connectivity index (χ4v) is 3.38. The number of alkyl halides is 1. The van der Waals surface area contributed by atoms with Crippen molar-refractivity contribution in [1.29, 1.82) is 0 Å². The summed E-state index contributed by atoms with van der Waals surface area (Å²) in [5.41, 5.74) is 0. The molecule has 0 saturated heterocycles. The molecule has 0 aromatic heterocycles. The molecule has 0 aromatic rings. The van der Waals surface area contributed by atoms with E-state index in [4.69, 9.17) is 0 Å². The maximum atomic E-state index is 11.5. The van der Waals surface area contributed by atoms with E-state index in [0.717, 1.165) is 31.0 Å². The van der Waals surface area contributed by atoms with Crippen LogP contribution in [0.4, 0.5) is 0 Å². The smallest absolute Gasteiger partial charge is 0.211 e. The normalized spacial score (nSPS) is 16.9. The quantitative estimate of drug-likeness (QED) is 0.524. The summed E-state index contributed by atoms with van der Waals surface area (Å²) in [5, 5.41) is 1.04. The van der Waals surface area contributed by atoms with Gasteiger partial charge < -0.3 is 0 Å². The van der Waals surface area contributed by atoms with Gasteiger partial charge in [0.15, 0.2) is 0 Å². The third-order valence-corrected chi connectivity index (χ3v) is 4.65. The van der Waals surface area contributed by atoms with Gasteiger partial charge in [-0.05, 0) is 31.6 Å². The molecule has 0 unspecified atom stereocenters. The minimum atomic E-state index is -2.97. The number of nitrogens with one attached hydrogen (secondary N) is 1. The zero-order valence-corrected chi connectivity index (χ0v) is 11.4. The summed E-state index contributed by atoms with van der Waals surface area (Å²) in [6, 6.07) is 0. The van der Waals surface area contributed by atoms with Crippen molar-refractivity contribution in [2.75, 3.05) is 17.6 Å². The molecule has 0 atom stereocenters. The van der Waals surface area contributed by atoms with Gasteiger partial charge in [0, 0.05) is 11.9 Å². The highest BCUT2D eigenvalue weighted by Gasteiger charge is 2.27. The third-order valence-electron chi connectivity index (χ3n) is 2.53. The number of hydrogen-bond acceptors (Lipinski definition) is 2. The molecule has 90 valence electrons. The van der Waals surface area contributed by atoms with Crippen LogP contribution >= 0.6 is 15.9 Å². The van der Waals surface area contributed by atoms with Crippen LogP contribution in [0.1, 0.15) is 38.5 Å². The highest BCUT2D eigenvalue weighted by Crippen LogP contribution is 2.29. The third kappa shape index (κ3) is 7.30. The molecule has 1 fully saturated rings. The van der Waals surface area contributed by atoms with Crippen LogP contribution in [0, 0.1) is 5.92 Å². The van der Waals surface area contributed by atoms with Crippen molar-refractivity contribution < 1.29 is 8.42 Å². The van der Waals surface area contributed by atoms with Gasteiger partial charge in [0.05, 0.1) is 5.75 Å². The molecule has 0 heterocycles. The molecule has 1 rings (SSSR count). The van der Waals surface area contributed by atoms with E-state index in [1.165, 1.54) is 12.8 Å². The first-order valence-electron chi connectivity index (χ1n) is 5.67. The second-order valence-corrected chi connectivity index (χ2v) is 6.87. The Bertz CT molecular complexity index is 263. The topological polar surface area (TPSA) is 46.2 Å². The summed E-state index contributed by atoms with van der Waals surface area (Å²) in [4.78, 5) is 0. The SMILES string of the molecule is O=S(=O)(CC1CC1)NCCCCCCBr. The van der Waals surface area contributed by atoms with E-state index >= 15 is 0 Å². The lowest BCUT2D eigenvalue weighted by Gasteiger charge is -2.05. The maximum Gasteiger partial charge on any atom is 0.211 e. The molecule has 1 aliphatic rings.